The van der Waals surface area contributed by atoms with Crippen LogP contribution in [0.5, 0.6) is 11.5 Å². The Hall–Kier alpha value is -3.36. The molecule has 2 rings (SSSR count). The number of carbonyl (C=O) groups excluding carboxylic acids is 2. The summed E-state index contributed by atoms with van der Waals surface area (Å²) in [6, 6.07) is 15.0. The van der Waals surface area contributed by atoms with Crippen LogP contribution < -0.4 is 9.47 Å². The molecule has 2 atom stereocenters. The van der Waals surface area contributed by atoms with E-state index in [1.807, 2.05) is 36.4 Å². The Bertz CT molecular complexity index is 969. The van der Waals surface area contributed by atoms with Crippen LogP contribution in [-0.2, 0) is 24.5 Å². The van der Waals surface area contributed by atoms with Crippen molar-refractivity contribution in [2.45, 2.75) is 38.4 Å². The third-order valence-corrected chi connectivity index (χ3v) is 5.06. The average Bonchev–Trinajstić information content (AvgIpc) is 2.83. The zero-order valence-electron chi connectivity index (χ0n) is 19.7. The summed E-state index contributed by atoms with van der Waals surface area (Å²) in [5, 5.41) is 19.8. The Morgan fingerprint density at radius 1 is 0.882 bits per heavy atom. The van der Waals surface area contributed by atoms with Crippen LogP contribution in [0.3, 0.4) is 0 Å². The molecule has 34 heavy (non-hydrogen) atoms. The number of hydrogen-bond acceptors (Lipinski definition) is 8. The molecule has 2 unspecified atom stereocenters. The van der Waals surface area contributed by atoms with Gasteiger partial charge < -0.3 is 29.2 Å². The highest BCUT2D eigenvalue weighted by Gasteiger charge is 2.24. The first-order chi connectivity index (χ1) is 16.1. The van der Waals surface area contributed by atoms with E-state index in [4.69, 9.17) is 18.9 Å². The first-order valence-corrected chi connectivity index (χ1v) is 10.9. The van der Waals surface area contributed by atoms with E-state index in [-0.39, 0.29) is 26.4 Å². The van der Waals surface area contributed by atoms with Crippen molar-refractivity contribution in [1.29, 1.82) is 0 Å². The molecule has 0 aliphatic rings. The summed E-state index contributed by atoms with van der Waals surface area (Å²) in [6.07, 6.45) is -0.861. The van der Waals surface area contributed by atoms with E-state index >= 15 is 0 Å². The molecule has 184 valence electrons. The van der Waals surface area contributed by atoms with E-state index in [1.54, 1.807) is 12.1 Å². The minimum absolute atomic E-state index is 0.00900. The van der Waals surface area contributed by atoms with Gasteiger partial charge in [-0.25, -0.2) is 4.79 Å². The van der Waals surface area contributed by atoms with Crippen molar-refractivity contribution in [3.05, 3.63) is 72.3 Å². The first-order valence-electron chi connectivity index (χ1n) is 10.9. The van der Waals surface area contributed by atoms with Gasteiger partial charge in [-0.1, -0.05) is 44.7 Å². The molecule has 0 radical (unpaired) electrons. The van der Waals surface area contributed by atoms with Crippen molar-refractivity contribution < 1.29 is 38.7 Å². The third kappa shape index (κ3) is 8.53. The maximum absolute atomic E-state index is 11.1. The largest absolute Gasteiger partial charge is 0.491 e. The number of benzene rings is 2. The van der Waals surface area contributed by atoms with Gasteiger partial charge in [0.2, 0.25) is 0 Å². The molecule has 2 N–H and O–H groups in total. The van der Waals surface area contributed by atoms with Crippen LogP contribution in [0, 0.1) is 0 Å². The van der Waals surface area contributed by atoms with Gasteiger partial charge in [0, 0.05) is 18.4 Å². The number of esters is 2. The molecular formula is C26H32O8. The third-order valence-electron chi connectivity index (χ3n) is 5.06. The van der Waals surface area contributed by atoms with Crippen molar-refractivity contribution in [3.8, 4) is 11.5 Å². The van der Waals surface area contributed by atoms with Gasteiger partial charge in [0.25, 0.3) is 0 Å². The van der Waals surface area contributed by atoms with Gasteiger partial charge in [0.15, 0.2) is 0 Å². The molecule has 0 amide bonds. The molecule has 0 aliphatic heterocycles. The molecular weight excluding hydrogens is 440 g/mol. The maximum atomic E-state index is 11.1. The highest BCUT2D eigenvalue weighted by atomic mass is 16.6. The average molecular weight is 473 g/mol. The Morgan fingerprint density at radius 3 is 1.79 bits per heavy atom. The SMILES string of the molecule is C=CC(=O)OCC(O)COc1cccc(C(C)(C)c2cccc(OCC(O)COC(C)=O)c2)c1. The van der Waals surface area contributed by atoms with E-state index in [1.165, 1.54) is 6.92 Å². The fourth-order valence-electron chi connectivity index (χ4n) is 3.05. The Balaban J connectivity index is 2.02. The van der Waals surface area contributed by atoms with E-state index in [9.17, 15) is 19.8 Å². The molecule has 2 aromatic rings. The standard InChI is InChI=1S/C26H32O8/c1-5-25(30)34-17-22(29)16-33-24-11-7-9-20(13-24)26(3,4)19-8-6-10-23(12-19)32-15-21(28)14-31-18(2)27/h5-13,21-22,28-29H,1,14-17H2,2-4H3. The zero-order chi connectivity index (χ0) is 25.1. The molecule has 0 saturated heterocycles. The van der Waals surface area contributed by atoms with Crippen molar-refractivity contribution in [3.63, 3.8) is 0 Å². The molecule has 0 bridgehead atoms. The monoisotopic (exact) mass is 472 g/mol. The van der Waals surface area contributed by atoms with Crippen LogP contribution in [0.2, 0.25) is 0 Å². The van der Waals surface area contributed by atoms with Crippen LogP contribution in [0.15, 0.2) is 61.2 Å². The summed E-state index contributed by atoms with van der Waals surface area (Å²) < 4.78 is 20.9. The van der Waals surface area contributed by atoms with Crippen LogP contribution >= 0.6 is 0 Å². The number of rotatable bonds is 13. The number of ether oxygens (including phenoxy) is 4. The second-order valence-corrected chi connectivity index (χ2v) is 8.25. The Labute approximate surface area is 199 Å². The van der Waals surface area contributed by atoms with Crippen LogP contribution in [0.4, 0.5) is 0 Å². The Kier molecular flexibility index (Phi) is 10.1. The summed E-state index contributed by atoms with van der Waals surface area (Å²) in [7, 11) is 0. The normalized spacial score (nSPS) is 12.9. The smallest absolute Gasteiger partial charge is 0.330 e. The van der Waals surface area contributed by atoms with Crippen LogP contribution in [0.1, 0.15) is 31.9 Å². The van der Waals surface area contributed by atoms with E-state index in [0.717, 1.165) is 17.2 Å². The van der Waals surface area contributed by atoms with Gasteiger partial charge in [0.1, 0.15) is 50.1 Å². The quantitative estimate of drug-likeness (QED) is 0.338. The summed E-state index contributed by atoms with van der Waals surface area (Å²) in [5.41, 5.74) is 1.55. The lowest BCUT2D eigenvalue weighted by Crippen LogP contribution is -2.25. The highest BCUT2D eigenvalue weighted by molar-refractivity contribution is 5.81. The minimum Gasteiger partial charge on any atom is -0.491 e. The predicted octanol–water partition coefficient (Wildman–Crippen LogP) is 2.78. The first kappa shape index (κ1) is 26.9. The molecule has 0 saturated carbocycles. The topological polar surface area (TPSA) is 112 Å². The molecule has 0 aliphatic carbocycles. The van der Waals surface area contributed by atoms with E-state index in [0.29, 0.717) is 11.5 Å². The van der Waals surface area contributed by atoms with E-state index in [2.05, 4.69) is 20.4 Å². The second kappa shape index (κ2) is 12.8. The lowest BCUT2D eigenvalue weighted by Gasteiger charge is -2.27. The number of aliphatic hydroxyl groups excluding tert-OH is 2. The maximum Gasteiger partial charge on any atom is 0.330 e. The van der Waals surface area contributed by atoms with Crippen LogP contribution in [0.25, 0.3) is 0 Å². The molecule has 8 heteroatoms. The van der Waals surface area contributed by atoms with Crippen molar-refractivity contribution in [2.24, 2.45) is 0 Å². The summed E-state index contributed by atoms with van der Waals surface area (Å²) in [5.74, 6) is 0.0882. The zero-order valence-corrected chi connectivity index (χ0v) is 19.7. The number of aliphatic hydroxyl groups is 2. The molecule has 0 fully saturated rings. The molecule has 2 aromatic carbocycles. The summed E-state index contributed by atoms with van der Waals surface area (Å²) >= 11 is 0. The molecule has 8 nitrogen and oxygen atoms in total. The van der Waals surface area contributed by atoms with Crippen molar-refractivity contribution in [1.82, 2.24) is 0 Å². The van der Waals surface area contributed by atoms with Gasteiger partial charge in [-0.05, 0) is 35.4 Å². The lowest BCUT2D eigenvalue weighted by molar-refractivity contribution is -0.144. The summed E-state index contributed by atoms with van der Waals surface area (Å²) in [6.45, 7) is 8.35. The number of hydrogen-bond donors (Lipinski definition) is 2. The predicted molar refractivity (Wildman–Crippen MR) is 126 cm³/mol. The van der Waals surface area contributed by atoms with E-state index < -0.39 is 29.6 Å². The Morgan fingerprint density at radius 2 is 1.35 bits per heavy atom. The van der Waals surface area contributed by atoms with Gasteiger partial charge in [-0.15, -0.1) is 0 Å². The van der Waals surface area contributed by atoms with Gasteiger partial charge >= 0.3 is 11.9 Å². The number of carbonyl (C=O) groups is 2. The van der Waals surface area contributed by atoms with Crippen molar-refractivity contribution in [2.75, 3.05) is 26.4 Å². The highest BCUT2D eigenvalue weighted by Crippen LogP contribution is 2.34. The van der Waals surface area contributed by atoms with Gasteiger partial charge in [-0.2, -0.15) is 0 Å². The van der Waals surface area contributed by atoms with Gasteiger partial charge in [-0.3, -0.25) is 4.79 Å². The molecule has 0 heterocycles. The molecule has 0 spiro atoms. The second-order valence-electron chi connectivity index (χ2n) is 8.25. The van der Waals surface area contributed by atoms with Crippen molar-refractivity contribution >= 4 is 11.9 Å². The molecule has 0 aromatic heterocycles. The van der Waals surface area contributed by atoms with Crippen LogP contribution in [-0.4, -0.2) is 60.8 Å². The minimum atomic E-state index is -0.967. The lowest BCUT2D eigenvalue weighted by atomic mass is 9.78. The van der Waals surface area contributed by atoms with Gasteiger partial charge in [0.05, 0.1) is 0 Å². The summed E-state index contributed by atoms with van der Waals surface area (Å²) in [4.78, 5) is 22.0. The fraction of sp³-hybridized carbons (Fsp3) is 0.385. The fourth-order valence-corrected chi connectivity index (χ4v) is 3.05.